The number of hydrogen-bond acceptors (Lipinski definition) is 7. The number of hydrogen-bond donors (Lipinski definition) is 1. The second-order valence-electron chi connectivity index (χ2n) is 6.12. The summed E-state index contributed by atoms with van der Waals surface area (Å²) >= 11 is 1.30. The zero-order valence-electron chi connectivity index (χ0n) is 14.8. The number of thiazole rings is 1. The molecule has 1 aromatic carbocycles. The fraction of sp³-hybridized carbons (Fsp3) is 0.500. The molecule has 2 heterocycles. The molecule has 8 nitrogen and oxygen atoms in total. The maximum Gasteiger partial charge on any atom is 0.230 e. The number of methoxy groups -OCH3 is 2. The van der Waals surface area contributed by atoms with E-state index in [1.54, 1.807) is 26.4 Å². The van der Waals surface area contributed by atoms with E-state index < -0.39 is 15.9 Å². The molecule has 1 amide bonds. The molecule has 0 unspecified atom stereocenters. The van der Waals surface area contributed by atoms with Crippen LogP contribution in [0.5, 0.6) is 11.5 Å². The van der Waals surface area contributed by atoms with E-state index in [1.807, 2.05) is 0 Å². The standard InChI is InChI=1S/C16H21N3O5S2/c1-23-11-6-7-12(24-2)14-13(11)17-16(25-14)18-15(20)10-5-4-8-19(9-10)26(3,21)22/h6-7,10H,4-5,8-9H2,1-3H3,(H,17,18,20)/t10-/m0/s1. The molecule has 1 saturated heterocycles. The first kappa shape index (κ1) is 18.9. The normalized spacial score (nSPS) is 18.7. The van der Waals surface area contributed by atoms with Crippen molar-refractivity contribution >= 4 is 42.6 Å². The molecule has 0 saturated carbocycles. The lowest BCUT2D eigenvalue weighted by molar-refractivity contribution is -0.120. The summed E-state index contributed by atoms with van der Waals surface area (Å²) < 4.78 is 36.2. The number of piperidine rings is 1. The SMILES string of the molecule is COc1ccc(OC)c2sc(NC(=O)[C@H]3CCCN(S(C)(=O)=O)C3)nc12. The average Bonchev–Trinajstić information content (AvgIpc) is 3.03. The van der Waals surface area contributed by atoms with Crippen molar-refractivity contribution in [3.05, 3.63) is 12.1 Å². The number of fused-ring (bicyclic) bond motifs is 1. The minimum atomic E-state index is -3.30. The third-order valence-corrected chi connectivity index (χ3v) is 6.62. The predicted molar refractivity (Wildman–Crippen MR) is 100 cm³/mol. The summed E-state index contributed by atoms with van der Waals surface area (Å²) in [5.41, 5.74) is 0.619. The van der Waals surface area contributed by atoms with Gasteiger partial charge in [0.25, 0.3) is 0 Å². The Hall–Kier alpha value is -1.91. The Morgan fingerprint density at radius 3 is 2.65 bits per heavy atom. The Kier molecular flexibility index (Phi) is 5.35. The summed E-state index contributed by atoms with van der Waals surface area (Å²) in [6, 6.07) is 3.55. The largest absolute Gasteiger partial charge is 0.495 e. The third-order valence-electron chi connectivity index (χ3n) is 4.36. The molecule has 0 spiro atoms. The molecule has 10 heteroatoms. The van der Waals surface area contributed by atoms with Gasteiger partial charge in [0, 0.05) is 13.1 Å². The molecule has 0 bridgehead atoms. The second-order valence-corrected chi connectivity index (χ2v) is 9.10. The van der Waals surface area contributed by atoms with Crippen molar-refractivity contribution in [3.63, 3.8) is 0 Å². The van der Waals surface area contributed by atoms with Gasteiger partial charge in [-0.2, -0.15) is 0 Å². The molecule has 3 rings (SSSR count). The second kappa shape index (κ2) is 7.37. The first-order valence-corrected chi connectivity index (χ1v) is 10.8. The lowest BCUT2D eigenvalue weighted by Crippen LogP contribution is -2.43. The van der Waals surface area contributed by atoms with E-state index >= 15 is 0 Å². The van der Waals surface area contributed by atoms with Gasteiger partial charge in [-0.25, -0.2) is 17.7 Å². The molecule has 0 radical (unpaired) electrons. The van der Waals surface area contributed by atoms with Crippen molar-refractivity contribution in [2.75, 3.05) is 38.9 Å². The zero-order chi connectivity index (χ0) is 18.9. The molecule has 1 atom stereocenters. The lowest BCUT2D eigenvalue weighted by Gasteiger charge is -2.29. The number of ether oxygens (including phenoxy) is 2. The van der Waals surface area contributed by atoms with Gasteiger partial charge in [0.15, 0.2) is 5.13 Å². The van der Waals surface area contributed by atoms with Gasteiger partial charge in [0.05, 0.1) is 26.4 Å². The number of amides is 1. The van der Waals surface area contributed by atoms with E-state index in [0.717, 1.165) is 4.70 Å². The van der Waals surface area contributed by atoms with Crippen LogP contribution in [-0.4, -0.2) is 57.2 Å². The Morgan fingerprint density at radius 2 is 2.00 bits per heavy atom. The van der Waals surface area contributed by atoms with Gasteiger partial charge < -0.3 is 14.8 Å². The van der Waals surface area contributed by atoms with Crippen LogP contribution in [0.4, 0.5) is 5.13 Å². The first-order valence-electron chi connectivity index (χ1n) is 8.11. The highest BCUT2D eigenvalue weighted by Crippen LogP contribution is 2.39. The van der Waals surface area contributed by atoms with Crippen molar-refractivity contribution in [2.24, 2.45) is 5.92 Å². The highest BCUT2D eigenvalue weighted by atomic mass is 32.2. The van der Waals surface area contributed by atoms with Gasteiger partial charge in [-0.3, -0.25) is 4.79 Å². The summed E-state index contributed by atoms with van der Waals surface area (Å²) in [5, 5.41) is 3.25. The summed E-state index contributed by atoms with van der Waals surface area (Å²) in [4.78, 5) is 17.0. The van der Waals surface area contributed by atoms with Crippen molar-refractivity contribution in [2.45, 2.75) is 12.8 Å². The van der Waals surface area contributed by atoms with E-state index in [2.05, 4.69) is 10.3 Å². The van der Waals surface area contributed by atoms with Crippen LogP contribution < -0.4 is 14.8 Å². The summed E-state index contributed by atoms with van der Waals surface area (Å²) in [7, 11) is -0.170. The molecule has 0 aliphatic carbocycles. The van der Waals surface area contributed by atoms with Crippen LogP contribution in [0.2, 0.25) is 0 Å². The molecular weight excluding hydrogens is 378 g/mol. The number of benzene rings is 1. The van der Waals surface area contributed by atoms with Crippen molar-refractivity contribution in [1.29, 1.82) is 0 Å². The number of carbonyl (C=O) groups is 1. The quantitative estimate of drug-likeness (QED) is 0.825. The fourth-order valence-corrected chi connectivity index (χ4v) is 4.89. The first-order chi connectivity index (χ1) is 12.3. The number of rotatable bonds is 5. The monoisotopic (exact) mass is 399 g/mol. The van der Waals surface area contributed by atoms with E-state index in [9.17, 15) is 13.2 Å². The van der Waals surface area contributed by atoms with Crippen molar-refractivity contribution < 1.29 is 22.7 Å². The van der Waals surface area contributed by atoms with Crippen LogP contribution in [0.25, 0.3) is 10.2 Å². The van der Waals surface area contributed by atoms with Gasteiger partial charge in [-0.05, 0) is 25.0 Å². The van der Waals surface area contributed by atoms with Gasteiger partial charge in [0.2, 0.25) is 15.9 Å². The Bertz CT molecular complexity index is 884. The highest BCUT2D eigenvalue weighted by molar-refractivity contribution is 7.88. The van der Waals surface area contributed by atoms with E-state index in [-0.39, 0.29) is 12.5 Å². The van der Waals surface area contributed by atoms with Crippen LogP contribution in [0.1, 0.15) is 12.8 Å². The predicted octanol–water partition coefficient (Wildman–Crippen LogP) is 1.92. The van der Waals surface area contributed by atoms with Gasteiger partial charge >= 0.3 is 0 Å². The molecule has 1 N–H and O–H groups in total. The zero-order valence-corrected chi connectivity index (χ0v) is 16.4. The van der Waals surface area contributed by atoms with E-state index in [0.29, 0.717) is 41.5 Å². The van der Waals surface area contributed by atoms with Crippen LogP contribution in [0.3, 0.4) is 0 Å². The average molecular weight is 399 g/mol. The van der Waals surface area contributed by atoms with Crippen molar-refractivity contribution in [1.82, 2.24) is 9.29 Å². The number of sulfonamides is 1. The lowest BCUT2D eigenvalue weighted by atomic mass is 9.99. The molecular formula is C16H21N3O5S2. The number of carbonyl (C=O) groups excluding carboxylic acids is 1. The smallest absolute Gasteiger partial charge is 0.230 e. The van der Waals surface area contributed by atoms with Gasteiger partial charge in [0.1, 0.15) is 21.7 Å². The number of nitrogens with one attached hydrogen (secondary N) is 1. The molecule has 2 aromatic rings. The minimum absolute atomic E-state index is 0.197. The van der Waals surface area contributed by atoms with E-state index in [4.69, 9.17) is 9.47 Å². The third kappa shape index (κ3) is 3.76. The van der Waals surface area contributed by atoms with Crippen LogP contribution in [0, 0.1) is 5.92 Å². The van der Waals surface area contributed by atoms with Crippen molar-refractivity contribution in [3.8, 4) is 11.5 Å². The van der Waals surface area contributed by atoms with Crippen LogP contribution >= 0.6 is 11.3 Å². The Balaban J connectivity index is 1.81. The number of anilines is 1. The molecule has 1 aromatic heterocycles. The molecule has 142 valence electrons. The number of nitrogens with zero attached hydrogens (tertiary/aromatic N) is 2. The van der Waals surface area contributed by atoms with Gasteiger partial charge in [-0.1, -0.05) is 11.3 Å². The van der Waals surface area contributed by atoms with E-state index in [1.165, 1.54) is 21.9 Å². The Morgan fingerprint density at radius 1 is 1.31 bits per heavy atom. The molecule has 1 aliphatic heterocycles. The van der Waals surface area contributed by atoms with Crippen LogP contribution in [0.15, 0.2) is 12.1 Å². The summed E-state index contributed by atoms with van der Waals surface area (Å²) in [6.45, 7) is 0.653. The molecule has 1 aliphatic rings. The summed E-state index contributed by atoms with van der Waals surface area (Å²) in [6.07, 6.45) is 2.47. The maximum absolute atomic E-state index is 12.6. The number of aromatic nitrogens is 1. The molecule has 26 heavy (non-hydrogen) atoms. The van der Waals surface area contributed by atoms with Gasteiger partial charge in [-0.15, -0.1) is 0 Å². The minimum Gasteiger partial charge on any atom is -0.495 e. The maximum atomic E-state index is 12.6. The topological polar surface area (TPSA) is 97.8 Å². The highest BCUT2D eigenvalue weighted by Gasteiger charge is 2.30. The van der Waals surface area contributed by atoms with Crippen LogP contribution in [-0.2, 0) is 14.8 Å². The summed E-state index contributed by atoms with van der Waals surface area (Å²) in [5.74, 6) is 0.628. The fourth-order valence-electron chi connectivity index (χ4n) is 3.00. The Labute approximate surface area is 156 Å². The molecule has 1 fully saturated rings.